The molecule has 94 valence electrons. The Morgan fingerprint density at radius 3 is 2.47 bits per heavy atom. The lowest BCUT2D eigenvalue weighted by Crippen LogP contribution is -2.25. The van der Waals surface area contributed by atoms with Crippen LogP contribution in [0, 0.1) is 0 Å². The molecule has 0 aromatic carbocycles. The molecule has 1 aliphatic heterocycles. The molecule has 6 heteroatoms. The van der Waals surface area contributed by atoms with Crippen LogP contribution in [0.3, 0.4) is 0 Å². The molecule has 0 unspecified atom stereocenters. The zero-order chi connectivity index (χ0) is 12.5. The average Bonchev–Trinajstić information content (AvgIpc) is 2.29. The number of rotatable bonds is 2. The van der Waals surface area contributed by atoms with E-state index in [0.29, 0.717) is 18.4 Å². The number of H-pyrrole nitrogens is 1. The molecule has 0 spiro atoms. The normalized spacial score (nSPS) is 20.3. The Balaban J connectivity index is 2.19. The summed E-state index contributed by atoms with van der Waals surface area (Å²) in [7, 11) is -2.86. The summed E-state index contributed by atoms with van der Waals surface area (Å²) in [5.41, 5.74) is 6.62. The fourth-order valence-corrected chi connectivity index (χ4v) is 3.61. The Labute approximate surface area is 100.0 Å². The smallest absolute Gasteiger partial charge is 0.252 e. The summed E-state index contributed by atoms with van der Waals surface area (Å²) in [6, 6.07) is 3.56. The van der Waals surface area contributed by atoms with E-state index in [9.17, 15) is 13.2 Å². The van der Waals surface area contributed by atoms with Crippen molar-refractivity contribution >= 4 is 9.84 Å². The van der Waals surface area contributed by atoms with Crippen molar-refractivity contribution < 1.29 is 8.42 Å². The number of aromatic nitrogens is 1. The maximum absolute atomic E-state index is 11.6. The van der Waals surface area contributed by atoms with E-state index in [1.807, 2.05) is 6.07 Å². The molecule has 1 aliphatic rings. The maximum Gasteiger partial charge on any atom is 0.252 e. The molecule has 5 nitrogen and oxygen atoms in total. The monoisotopic (exact) mass is 256 g/mol. The first-order valence-electron chi connectivity index (χ1n) is 5.64. The lowest BCUT2D eigenvalue weighted by Gasteiger charge is -2.21. The molecule has 17 heavy (non-hydrogen) atoms. The van der Waals surface area contributed by atoms with E-state index in [0.717, 1.165) is 5.69 Å². The highest BCUT2D eigenvalue weighted by Gasteiger charge is 2.25. The SMILES string of the molecule is NCc1ccc(C2CCS(=O)(=O)CC2)[nH]c1=O. The highest BCUT2D eigenvalue weighted by atomic mass is 32.2. The van der Waals surface area contributed by atoms with Crippen LogP contribution in [0.5, 0.6) is 0 Å². The second-order valence-electron chi connectivity index (χ2n) is 4.40. The average molecular weight is 256 g/mol. The van der Waals surface area contributed by atoms with E-state index in [4.69, 9.17) is 5.73 Å². The van der Waals surface area contributed by atoms with Crippen LogP contribution in [0.15, 0.2) is 16.9 Å². The Morgan fingerprint density at radius 2 is 1.94 bits per heavy atom. The van der Waals surface area contributed by atoms with E-state index in [-0.39, 0.29) is 29.5 Å². The molecule has 0 atom stereocenters. The summed E-state index contributed by atoms with van der Waals surface area (Å²) in [5, 5.41) is 0. The topological polar surface area (TPSA) is 93.0 Å². The van der Waals surface area contributed by atoms with E-state index in [1.165, 1.54) is 0 Å². The second kappa shape index (κ2) is 4.62. The van der Waals surface area contributed by atoms with E-state index < -0.39 is 9.84 Å². The number of hydrogen-bond acceptors (Lipinski definition) is 4. The molecule has 0 aliphatic carbocycles. The number of nitrogens with two attached hydrogens (primary N) is 1. The van der Waals surface area contributed by atoms with Crippen molar-refractivity contribution in [2.45, 2.75) is 25.3 Å². The molecule has 1 fully saturated rings. The Kier molecular flexibility index (Phi) is 3.35. The lowest BCUT2D eigenvalue weighted by atomic mass is 9.98. The van der Waals surface area contributed by atoms with Crippen molar-refractivity contribution in [2.24, 2.45) is 5.73 Å². The molecule has 0 saturated carbocycles. The van der Waals surface area contributed by atoms with Gasteiger partial charge in [0, 0.05) is 23.7 Å². The first kappa shape index (κ1) is 12.3. The van der Waals surface area contributed by atoms with Crippen molar-refractivity contribution in [1.29, 1.82) is 0 Å². The van der Waals surface area contributed by atoms with Gasteiger partial charge in [-0.3, -0.25) is 4.79 Å². The van der Waals surface area contributed by atoms with Crippen LogP contribution in [0.1, 0.15) is 30.0 Å². The quantitative estimate of drug-likeness (QED) is 0.786. The Hall–Kier alpha value is -1.14. The highest BCUT2D eigenvalue weighted by molar-refractivity contribution is 7.91. The predicted molar refractivity (Wildman–Crippen MR) is 65.6 cm³/mol. The van der Waals surface area contributed by atoms with Gasteiger partial charge in [-0.2, -0.15) is 0 Å². The fourth-order valence-electron chi connectivity index (χ4n) is 2.12. The van der Waals surface area contributed by atoms with Crippen LogP contribution < -0.4 is 11.3 Å². The van der Waals surface area contributed by atoms with Gasteiger partial charge in [-0.15, -0.1) is 0 Å². The fraction of sp³-hybridized carbons (Fsp3) is 0.545. The molecular formula is C11H16N2O3S. The van der Waals surface area contributed by atoms with Crippen LogP contribution in [0.2, 0.25) is 0 Å². The molecule has 2 rings (SSSR count). The molecule has 3 N–H and O–H groups in total. The van der Waals surface area contributed by atoms with Gasteiger partial charge in [0.2, 0.25) is 0 Å². The van der Waals surface area contributed by atoms with Crippen molar-refractivity contribution in [2.75, 3.05) is 11.5 Å². The highest BCUT2D eigenvalue weighted by Crippen LogP contribution is 2.27. The molecule has 0 radical (unpaired) electrons. The third-order valence-electron chi connectivity index (χ3n) is 3.23. The van der Waals surface area contributed by atoms with Gasteiger partial charge >= 0.3 is 0 Å². The van der Waals surface area contributed by atoms with Gasteiger partial charge < -0.3 is 10.7 Å². The summed E-state index contributed by atoms with van der Waals surface area (Å²) < 4.78 is 22.6. The van der Waals surface area contributed by atoms with Gasteiger partial charge in [0.25, 0.3) is 5.56 Å². The molecule has 1 aromatic rings. The Morgan fingerprint density at radius 1 is 1.29 bits per heavy atom. The summed E-state index contributed by atoms with van der Waals surface area (Å²) in [6.07, 6.45) is 1.17. The van der Waals surface area contributed by atoms with Crippen LogP contribution in [0.4, 0.5) is 0 Å². The molecule has 0 bridgehead atoms. The standard InChI is InChI=1S/C11H16N2O3S/c12-7-9-1-2-10(13-11(9)14)8-3-5-17(15,16)6-4-8/h1-2,8H,3-7,12H2,(H,13,14). The van der Waals surface area contributed by atoms with Gasteiger partial charge in [0.05, 0.1) is 11.5 Å². The molecule has 1 aromatic heterocycles. The van der Waals surface area contributed by atoms with Crippen LogP contribution in [0.25, 0.3) is 0 Å². The molecular weight excluding hydrogens is 240 g/mol. The van der Waals surface area contributed by atoms with Gasteiger partial charge in [-0.05, 0) is 18.9 Å². The minimum Gasteiger partial charge on any atom is -0.326 e. The van der Waals surface area contributed by atoms with Crippen molar-refractivity contribution in [1.82, 2.24) is 4.98 Å². The first-order valence-corrected chi connectivity index (χ1v) is 7.46. The van der Waals surface area contributed by atoms with E-state index in [2.05, 4.69) is 4.98 Å². The van der Waals surface area contributed by atoms with Crippen molar-refractivity contribution in [3.8, 4) is 0 Å². The molecule has 1 saturated heterocycles. The van der Waals surface area contributed by atoms with Crippen LogP contribution in [-0.4, -0.2) is 24.9 Å². The third kappa shape index (κ3) is 2.76. The Bertz CT molecular complexity index is 548. The number of sulfone groups is 1. The first-order chi connectivity index (χ1) is 8.02. The van der Waals surface area contributed by atoms with Gasteiger partial charge in [0.15, 0.2) is 0 Å². The predicted octanol–water partition coefficient (Wildman–Crippen LogP) is 0.126. The number of hydrogen-bond donors (Lipinski definition) is 2. The summed E-state index contributed by atoms with van der Waals surface area (Å²) >= 11 is 0. The maximum atomic E-state index is 11.6. The summed E-state index contributed by atoms with van der Waals surface area (Å²) in [5.74, 6) is 0.550. The van der Waals surface area contributed by atoms with Crippen molar-refractivity contribution in [3.05, 3.63) is 33.7 Å². The van der Waals surface area contributed by atoms with Crippen molar-refractivity contribution in [3.63, 3.8) is 0 Å². The van der Waals surface area contributed by atoms with Crippen LogP contribution in [-0.2, 0) is 16.4 Å². The summed E-state index contributed by atoms with van der Waals surface area (Å²) in [6.45, 7) is 0.217. The molecule has 0 amide bonds. The number of nitrogens with one attached hydrogen (secondary N) is 1. The largest absolute Gasteiger partial charge is 0.326 e. The van der Waals surface area contributed by atoms with Gasteiger partial charge in [-0.25, -0.2) is 8.42 Å². The third-order valence-corrected chi connectivity index (χ3v) is 4.94. The zero-order valence-electron chi connectivity index (χ0n) is 9.48. The number of pyridine rings is 1. The molecule has 2 heterocycles. The van der Waals surface area contributed by atoms with Gasteiger partial charge in [0.1, 0.15) is 9.84 Å². The zero-order valence-corrected chi connectivity index (χ0v) is 10.3. The van der Waals surface area contributed by atoms with E-state index >= 15 is 0 Å². The van der Waals surface area contributed by atoms with E-state index in [1.54, 1.807) is 6.07 Å². The lowest BCUT2D eigenvalue weighted by molar-refractivity contribution is 0.544. The number of aromatic amines is 1. The van der Waals surface area contributed by atoms with Crippen LogP contribution >= 0.6 is 0 Å². The summed E-state index contributed by atoms with van der Waals surface area (Å²) in [4.78, 5) is 14.4. The minimum absolute atomic E-state index is 0.137. The second-order valence-corrected chi connectivity index (χ2v) is 6.70. The van der Waals surface area contributed by atoms with Gasteiger partial charge in [-0.1, -0.05) is 6.07 Å². The minimum atomic E-state index is -2.86.